The van der Waals surface area contributed by atoms with E-state index in [0.717, 1.165) is 36.9 Å². The number of amides is 1. The molecule has 1 fully saturated rings. The van der Waals surface area contributed by atoms with Gasteiger partial charge in [0.15, 0.2) is 0 Å². The molecule has 4 nitrogen and oxygen atoms in total. The summed E-state index contributed by atoms with van der Waals surface area (Å²) in [6.45, 7) is 0. The van der Waals surface area contributed by atoms with Crippen molar-refractivity contribution in [2.24, 2.45) is 22.8 Å². The average molecular weight is 353 g/mol. The normalized spacial score (nSPS) is 28.4. The van der Waals surface area contributed by atoms with Crippen LogP contribution in [0, 0.1) is 17.2 Å². The zero-order valence-electron chi connectivity index (χ0n) is 14.6. The predicted molar refractivity (Wildman–Crippen MR) is 99.9 cm³/mol. The van der Waals surface area contributed by atoms with E-state index in [4.69, 9.17) is 11.5 Å². The maximum Gasteiger partial charge on any atom is 0.226 e. The number of anilines is 1. The fraction of sp³-hybridized carbons (Fsp3) is 0.381. The molecular weight excluding hydrogens is 329 g/mol. The third-order valence-electron chi connectivity index (χ3n) is 6.33. The minimum Gasteiger partial charge on any atom is -0.381 e. The first-order valence-corrected chi connectivity index (χ1v) is 9.18. The summed E-state index contributed by atoms with van der Waals surface area (Å²) in [6, 6.07) is 14.0. The van der Waals surface area contributed by atoms with Crippen molar-refractivity contribution in [2.75, 3.05) is 5.32 Å². The summed E-state index contributed by atoms with van der Waals surface area (Å²) < 4.78 is 13.6. The first kappa shape index (κ1) is 17.0. The molecule has 2 aromatic rings. The van der Waals surface area contributed by atoms with Crippen LogP contribution in [0.25, 0.3) is 0 Å². The molecule has 2 aliphatic rings. The molecule has 0 aromatic heterocycles. The first-order valence-electron chi connectivity index (χ1n) is 9.18. The van der Waals surface area contributed by atoms with Gasteiger partial charge in [-0.05, 0) is 60.9 Å². The third kappa shape index (κ3) is 2.58. The molecule has 0 spiro atoms. The number of halogens is 1. The van der Waals surface area contributed by atoms with Crippen LogP contribution in [0.15, 0.2) is 48.5 Å². The van der Waals surface area contributed by atoms with Crippen molar-refractivity contribution in [1.29, 1.82) is 0 Å². The highest BCUT2D eigenvalue weighted by Gasteiger charge is 2.58. The lowest BCUT2D eigenvalue weighted by atomic mass is 9.52. The summed E-state index contributed by atoms with van der Waals surface area (Å²) in [5.74, 6) is -0.714. The number of rotatable bonds is 4. The molecule has 4 atom stereocenters. The number of primary amides is 1. The number of para-hydroxylation sites is 1. The highest BCUT2D eigenvalue weighted by Crippen LogP contribution is 2.56. The molecule has 1 saturated carbocycles. The van der Waals surface area contributed by atoms with Crippen molar-refractivity contribution in [3.63, 3.8) is 0 Å². The summed E-state index contributed by atoms with van der Waals surface area (Å²) in [5.41, 5.74) is 14.7. The fourth-order valence-electron chi connectivity index (χ4n) is 4.80. The molecule has 1 aliphatic heterocycles. The number of nitrogens with two attached hydrogens (primary N) is 2. The number of fused-ring (bicyclic) bond motifs is 1. The van der Waals surface area contributed by atoms with E-state index in [1.807, 2.05) is 24.3 Å². The van der Waals surface area contributed by atoms with E-state index < -0.39 is 11.5 Å². The number of hydrogen-bond donors (Lipinski definition) is 3. The Kier molecular flexibility index (Phi) is 4.19. The van der Waals surface area contributed by atoms with Gasteiger partial charge >= 0.3 is 0 Å². The van der Waals surface area contributed by atoms with E-state index in [-0.39, 0.29) is 23.7 Å². The van der Waals surface area contributed by atoms with Gasteiger partial charge in [0.2, 0.25) is 5.91 Å². The minimum atomic E-state index is -0.695. The number of hydrogen-bond acceptors (Lipinski definition) is 3. The molecule has 26 heavy (non-hydrogen) atoms. The van der Waals surface area contributed by atoms with Gasteiger partial charge in [-0.2, -0.15) is 0 Å². The van der Waals surface area contributed by atoms with Crippen molar-refractivity contribution < 1.29 is 9.18 Å². The van der Waals surface area contributed by atoms with E-state index in [0.29, 0.717) is 0 Å². The van der Waals surface area contributed by atoms with Gasteiger partial charge in [-0.25, -0.2) is 4.39 Å². The van der Waals surface area contributed by atoms with E-state index in [1.165, 1.54) is 17.7 Å². The Balaban J connectivity index is 1.64. The lowest BCUT2D eigenvalue weighted by molar-refractivity contribution is -0.142. The van der Waals surface area contributed by atoms with Crippen LogP contribution in [0.4, 0.5) is 10.1 Å². The van der Waals surface area contributed by atoms with Gasteiger partial charge in [-0.3, -0.25) is 4.79 Å². The molecule has 0 radical (unpaired) electrons. The second-order valence-corrected chi connectivity index (χ2v) is 7.52. The maximum atomic E-state index is 13.6. The Morgan fingerprint density at radius 3 is 2.69 bits per heavy atom. The molecule has 0 bridgehead atoms. The zero-order valence-corrected chi connectivity index (χ0v) is 14.6. The van der Waals surface area contributed by atoms with E-state index in [2.05, 4.69) is 11.4 Å². The maximum absolute atomic E-state index is 13.6. The second-order valence-electron chi connectivity index (χ2n) is 7.52. The van der Waals surface area contributed by atoms with Gasteiger partial charge in [-0.1, -0.05) is 30.3 Å². The van der Waals surface area contributed by atoms with Crippen molar-refractivity contribution in [1.82, 2.24) is 0 Å². The van der Waals surface area contributed by atoms with E-state index >= 15 is 0 Å². The van der Waals surface area contributed by atoms with Crippen LogP contribution in [0.1, 0.15) is 36.4 Å². The van der Waals surface area contributed by atoms with Gasteiger partial charge in [-0.15, -0.1) is 0 Å². The van der Waals surface area contributed by atoms with Crippen LogP contribution in [0.3, 0.4) is 0 Å². The monoisotopic (exact) mass is 353 g/mol. The van der Waals surface area contributed by atoms with Crippen molar-refractivity contribution >= 4 is 11.6 Å². The molecule has 5 heteroatoms. The second kappa shape index (κ2) is 6.40. The summed E-state index contributed by atoms with van der Waals surface area (Å²) in [7, 11) is 0. The summed E-state index contributed by atoms with van der Waals surface area (Å²) in [5, 5.41) is 3.54. The topological polar surface area (TPSA) is 81.1 Å². The quantitative estimate of drug-likeness (QED) is 0.790. The summed E-state index contributed by atoms with van der Waals surface area (Å²) >= 11 is 0. The number of aryl methyl sites for hydroxylation is 1. The Morgan fingerprint density at radius 2 is 2.00 bits per heavy atom. The SMILES string of the molecule is NC(=O)[C@]1([C@H]2CCc3ccccc3N2)CC[C@@H]1C(N)c1cccc(F)c1. The van der Waals surface area contributed by atoms with Crippen LogP contribution >= 0.6 is 0 Å². The van der Waals surface area contributed by atoms with Gasteiger partial charge in [0.1, 0.15) is 5.82 Å². The minimum absolute atomic E-state index is 0.0479. The summed E-state index contributed by atoms with van der Waals surface area (Å²) in [6.07, 6.45) is 3.29. The van der Waals surface area contributed by atoms with Crippen LogP contribution in [-0.4, -0.2) is 11.9 Å². The molecule has 136 valence electrons. The molecule has 4 rings (SSSR count). The Hall–Kier alpha value is -2.40. The van der Waals surface area contributed by atoms with Crippen LogP contribution in [-0.2, 0) is 11.2 Å². The number of nitrogens with one attached hydrogen (secondary N) is 1. The highest BCUT2D eigenvalue weighted by atomic mass is 19.1. The number of carbonyl (C=O) groups is 1. The van der Waals surface area contributed by atoms with Crippen LogP contribution < -0.4 is 16.8 Å². The predicted octanol–water partition coefficient (Wildman–Crippen LogP) is 3.13. The molecule has 0 saturated heterocycles. The first-order chi connectivity index (χ1) is 12.5. The molecule has 1 aliphatic carbocycles. The van der Waals surface area contributed by atoms with E-state index in [1.54, 1.807) is 6.07 Å². The van der Waals surface area contributed by atoms with E-state index in [9.17, 15) is 9.18 Å². The van der Waals surface area contributed by atoms with Crippen molar-refractivity contribution in [3.8, 4) is 0 Å². The van der Waals surface area contributed by atoms with Gasteiger partial charge < -0.3 is 16.8 Å². The zero-order chi connectivity index (χ0) is 18.3. The Bertz CT molecular complexity index is 840. The van der Waals surface area contributed by atoms with Gasteiger partial charge in [0.25, 0.3) is 0 Å². The lowest BCUT2D eigenvalue weighted by Crippen LogP contribution is -2.62. The van der Waals surface area contributed by atoms with Crippen LogP contribution in [0.2, 0.25) is 0 Å². The largest absolute Gasteiger partial charge is 0.381 e. The molecule has 1 unspecified atom stereocenters. The van der Waals surface area contributed by atoms with Crippen molar-refractivity contribution in [2.45, 2.75) is 37.8 Å². The molecular formula is C21H24FN3O. The third-order valence-corrected chi connectivity index (χ3v) is 6.33. The molecule has 1 heterocycles. The number of benzene rings is 2. The summed E-state index contributed by atoms with van der Waals surface area (Å²) in [4.78, 5) is 12.6. The number of carbonyl (C=O) groups excluding carboxylic acids is 1. The van der Waals surface area contributed by atoms with Gasteiger partial charge in [0.05, 0.1) is 5.41 Å². The lowest BCUT2D eigenvalue weighted by Gasteiger charge is -2.55. The fourth-order valence-corrected chi connectivity index (χ4v) is 4.80. The standard InChI is InChI=1S/C21H24FN3O/c22-15-6-3-5-14(12-15)19(23)16-10-11-21(16,20(24)26)18-9-8-13-4-1-2-7-17(13)25-18/h1-7,12,16,18-19,25H,8-11,23H2,(H2,24,26)/t16-,18-,19?,21-/m1/s1. The highest BCUT2D eigenvalue weighted by molar-refractivity contribution is 5.84. The smallest absolute Gasteiger partial charge is 0.226 e. The van der Waals surface area contributed by atoms with Gasteiger partial charge in [0, 0.05) is 17.8 Å². The average Bonchev–Trinajstić information content (AvgIpc) is 2.61. The molecule has 5 N–H and O–H groups in total. The Morgan fingerprint density at radius 1 is 1.19 bits per heavy atom. The molecule has 2 aromatic carbocycles. The van der Waals surface area contributed by atoms with Crippen molar-refractivity contribution in [3.05, 3.63) is 65.5 Å². The Labute approximate surface area is 152 Å². The molecule has 1 amide bonds. The van der Waals surface area contributed by atoms with Crippen LogP contribution in [0.5, 0.6) is 0 Å².